The van der Waals surface area contributed by atoms with Crippen LogP contribution in [0.2, 0.25) is 0 Å². The number of aromatic nitrogens is 3. The van der Waals surface area contributed by atoms with Crippen LogP contribution in [0.25, 0.3) is 61.6 Å². The van der Waals surface area contributed by atoms with E-state index in [2.05, 4.69) is 125 Å². The van der Waals surface area contributed by atoms with E-state index in [1.807, 2.05) is 24.3 Å². The van der Waals surface area contributed by atoms with Crippen LogP contribution in [0.15, 0.2) is 108 Å². The monoisotopic (exact) mass is 625 g/mol. The Bertz CT molecular complexity index is 2620. The minimum atomic E-state index is -0.205. The predicted molar refractivity (Wildman–Crippen MR) is 194 cm³/mol. The van der Waals surface area contributed by atoms with Gasteiger partial charge in [0, 0.05) is 33.2 Å². The average Bonchev–Trinajstić information content (AvgIpc) is 3.62. The summed E-state index contributed by atoms with van der Waals surface area (Å²) in [5.74, 6) is 2.40. The Hall–Kier alpha value is -5.68. The fourth-order valence-corrected chi connectivity index (χ4v) is 7.60. The molecule has 8 aromatic rings. The summed E-state index contributed by atoms with van der Waals surface area (Å²) in [7, 11) is 0. The second-order valence-corrected chi connectivity index (χ2v) is 13.7. The third-order valence-corrected chi connectivity index (χ3v) is 10.3. The van der Waals surface area contributed by atoms with Crippen LogP contribution in [0.1, 0.15) is 47.2 Å². The zero-order chi connectivity index (χ0) is 32.9. The Labute approximate surface area is 279 Å². The van der Waals surface area contributed by atoms with Gasteiger partial charge in [-0.2, -0.15) is 4.98 Å². The van der Waals surface area contributed by atoms with E-state index in [0.29, 0.717) is 5.84 Å². The van der Waals surface area contributed by atoms with E-state index in [0.717, 1.165) is 89.5 Å². The first-order valence-electron chi connectivity index (χ1n) is 16.5. The number of rotatable bonds is 3. The second-order valence-electron chi connectivity index (χ2n) is 13.7. The van der Waals surface area contributed by atoms with Crippen LogP contribution in [0, 0.1) is 27.7 Å². The van der Waals surface area contributed by atoms with Crippen LogP contribution < -0.4 is 4.74 Å². The van der Waals surface area contributed by atoms with E-state index in [1.165, 1.54) is 11.1 Å². The van der Waals surface area contributed by atoms with Gasteiger partial charge in [-0.25, -0.2) is 4.98 Å². The molecule has 4 heterocycles. The van der Waals surface area contributed by atoms with Gasteiger partial charge in [-0.05, 0) is 91.9 Å². The van der Waals surface area contributed by atoms with Gasteiger partial charge in [0.25, 0.3) is 0 Å². The largest absolute Gasteiger partial charge is 0.456 e. The topological polar surface area (TPSA) is 52.6 Å². The van der Waals surface area contributed by atoms with Gasteiger partial charge in [0.2, 0.25) is 0 Å². The number of aryl methyl sites for hydroxylation is 4. The van der Waals surface area contributed by atoms with Crippen molar-refractivity contribution in [1.82, 2.24) is 14.4 Å². The highest BCUT2D eigenvalue weighted by Crippen LogP contribution is 2.52. The summed E-state index contributed by atoms with van der Waals surface area (Å²) in [6.45, 7) is 13.1. The molecule has 1 aliphatic rings. The molecule has 0 spiro atoms. The van der Waals surface area contributed by atoms with Crippen molar-refractivity contribution in [3.63, 3.8) is 0 Å². The lowest BCUT2D eigenvalue weighted by atomic mass is 9.74. The molecule has 0 saturated carbocycles. The molecule has 9 rings (SSSR count). The number of imidazole rings is 1. The van der Waals surface area contributed by atoms with E-state index >= 15 is 0 Å². The van der Waals surface area contributed by atoms with E-state index in [1.54, 1.807) is 0 Å². The van der Waals surface area contributed by atoms with E-state index in [4.69, 9.17) is 19.1 Å². The molecule has 0 saturated heterocycles. The molecule has 0 atom stereocenters. The summed E-state index contributed by atoms with van der Waals surface area (Å²) in [5.41, 5.74) is 16.7. The van der Waals surface area contributed by atoms with Crippen molar-refractivity contribution >= 4 is 28.0 Å². The summed E-state index contributed by atoms with van der Waals surface area (Å²) in [4.78, 5) is 10.2. The number of ether oxygens (including phenoxy) is 1. The second kappa shape index (κ2) is 10.2. The summed E-state index contributed by atoms with van der Waals surface area (Å²) in [6.07, 6.45) is 0. The number of oxazole rings is 1. The number of para-hydroxylation sites is 3. The molecule has 5 nitrogen and oxygen atoms in total. The van der Waals surface area contributed by atoms with Gasteiger partial charge in [-0.1, -0.05) is 80.6 Å². The number of nitrogens with zero attached hydrogens (tertiary/aromatic N) is 3. The quantitative estimate of drug-likeness (QED) is 0.196. The van der Waals surface area contributed by atoms with E-state index < -0.39 is 0 Å². The first-order chi connectivity index (χ1) is 23.2. The third-order valence-electron chi connectivity index (χ3n) is 10.3. The SMILES string of the molecule is Cc1ccc(-c2c(C)ccc3c2oc2nc4ccccc4n23)cc1-c1nc(-c2c(C)ccc3c2Oc2ccccc2C3(C)C)ccc1C. The van der Waals surface area contributed by atoms with Crippen molar-refractivity contribution < 1.29 is 9.15 Å². The Kier molecular flexibility index (Phi) is 6.04. The number of hydrogen-bond donors (Lipinski definition) is 0. The van der Waals surface area contributed by atoms with Crippen molar-refractivity contribution in [2.24, 2.45) is 0 Å². The first kappa shape index (κ1) is 28.5. The molecule has 0 bridgehead atoms. The van der Waals surface area contributed by atoms with Gasteiger partial charge in [0.15, 0.2) is 5.58 Å². The van der Waals surface area contributed by atoms with Crippen LogP contribution >= 0.6 is 0 Å². The smallest absolute Gasteiger partial charge is 0.307 e. The molecule has 48 heavy (non-hydrogen) atoms. The highest BCUT2D eigenvalue weighted by molar-refractivity contribution is 5.98. The molecule has 3 aromatic heterocycles. The van der Waals surface area contributed by atoms with Crippen LogP contribution in [-0.2, 0) is 5.41 Å². The van der Waals surface area contributed by atoms with Gasteiger partial charge >= 0.3 is 5.84 Å². The zero-order valence-electron chi connectivity index (χ0n) is 28.0. The Morgan fingerprint density at radius 2 is 1.35 bits per heavy atom. The summed E-state index contributed by atoms with van der Waals surface area (Å²) < 4.78 is 15.3. The molecule has 234 valence electrons. The molecule has 0 fully saturated rings. The molecular weight excluding hydrogens is 590 g/mol. The summed E-state index contributed by atoms with van der Waals surface area (Å²) in [5, 5.41) is 0. The van der Waals surface area contributed by atoms with Gasteiger partial charge in [-0.3, -0.25) is 4.40 Å². The molecule has 0 aliphatic carbocycles. The van der Waals surface area contributed by atoms with Crippen LogP contribution in [-0.4, -0.2) is 14.4 Å². The zero-order valence-corrected chi connectivity index (χ0v) is 28.0. The van der Waals surface area contributed by atoms with Crippen molar-refractivity contribution in [1.29, 1.82) is 0 Å². The Morgan fingerprint density at radius 1 is 0.625 bits per heavy atom. The Morgan fingerprint density at radius 3 is 2.23 bits per heavy atom. The summed E-state index contributed by atoms with van der Waals surface area (Å²) in [6, 6.07) is 36.2. The normalized spacial score (nSPS) is 13.5. The number of benzene rings is 5. The van der Waals surface area contributed by atoms with Gasteiger partial charge in [0.1, 0.15) is 11.5 Å². The van der Waals surface area contributed by atoms with Crippen molar-refractivity contribution in [2.75, 3.05) is 0 Å². The van der Waals surface area contributed by atoms with Gasteiger partial charge < -0.3 is 9.15 Å². The molecule has 0 radical (unpaired) electrons. The minimum Gasteiger partial charge on any atom is -0.456 e. The fraction of sp³-hybridized carbons (Fsp3) is 0.163. The lowest BCUT2D eigenvalue weighted by Gasteiger charge is -2.35. The third kappa shape index (κ3) is 4.03. The lowest BCUT2D eigenvalue weighted by Crippen LogP contribution is -2.24. The van der Waals surface area contributed by atoms with Crippen LogP contribution in [0.4, 0.5) is 0 Å². The Balaban J connectivity index is 1.21. The summed E-state index contributed by atoms with van der Waals surface area (Å²) >= 11 is 0. The standard InChI is InChI=1S/C43H35N3O2/c1-24-15-19-28(37-25(2)18-22-35-41(37)48-42-45-32-12-8-9-13-34(32)46(35)42)23-29(24)39-27(4)17-21-33(44-39)38-26(3)16-20-31-40(38)47-36-14-10-7-11-30(36)43(31,5)6/h7-23H,1-6H3. The minimum absolute atomic E-state index is 0.205. The van der Waals surface area contributed by atoms with Crippen molar-refractivity contribution in [2.45, 2.75) is 47.0 Å². The lowest BCUT2D eigenvalue weighted by molar-refractivity contribution is 0.419. The van der Waals surface area contributed by atoms with Crippen LogP contribution in [0.3, 0.4) is 0 Å². The fourth-order valence-electron chi connectivity index (χ4n) is 7.60. The molecule has 5 heteroatoms. The maximum Gasteiger partial charge on any atom is 0.307 e. The molecule has 0 N–H and O–H groups in total. The van der Waals surface area contributed by atoms with Crippen molar-refractivity contribution in [3.05, 3.63) is 137 Å². The van der Waals surface area contributed by atoms with Gasteiger partial charge in [-0.15, -0.1) is 0 Å². The highest BCUT2D eigenvalue weighted by atomic mass is 16.5. The highest BCUT2D eigenvalue weighted by Gasteiger charge is 2.36. The number of fused-ring (bicyclic) bond motifs is 7. The molecule has 0 amide bonds. The van der Waals surface area contributed by atoms with Crippen molar-refractivity contribution in [3.8, 4) is 45.1 Å². The number of pyridine rings is 1. The molecule has 0 unspecified atom stereocenters. The first-order valence-corrected chi connectivity index (χ1v) is 16.5. The number of hydrogen-bond acceptors (Lipinski definition) is 4. The molecule has 5 aromatic carbocycles. The van der Waals surface area contributed by atoms with Gasteiger partial charge in [0.05, 0.1) is 27.9 Å². The molecular formula is C43H35N3O2. The van der Waals surface area contributed by atoms with E-state index in [-0.39, 0.29) is 5.41 Å². The maximum atomic E-state index is 6.70. The predicted octanol–water partition coefficient (Wildman–Crippen LogP) is 11.3. The van der Waals surface area contributed by atoms with E-state index in [9.17, 15) is 0 Å². The van der Waals surface area contributed by atoms with Crippen LogP contribution in [0.5, 0.6) is 11.5 Å². The molecule has 1 aliphatic heterocycles. The maximum absolute atomic E-state index is 6.70. The average molecular weight is 626 g/mol.